The van der Waals surface area contributed by atoms with Crippen LogP contribution in [0, 0.1) is 25.7 Å². The van der Waals surface area contributed by atoms with Crippen molar-refractivity contribution in [1.82, 2.24) is 4.98 Å². The van der Waals surface area contributed by atoms with Crippen LogP contribution >= 0.6 is 11.6 Å². The summed E-state index contributed by atoms with van der Waals surface area (Å²) in [5.41, 5.74) is 4.52. The summed E-state index contributed by atoms with van der Waals surface area (Å²) in [4.78, 5) is 15.6. The fourth-order valence-corrected chi connectivity index (χ4v) is 2.88. The fraction of sp³-hybridized carbons (Fsp3) is 0.136. The molecule has 0 spiro atoms. The average molecular weight is 364 g/mol. The second kappa shape index (κ2) is 7.51. The van der Waals surface area contributed by atoms with E-state index in [1.54, 1.807) is 14.0 Å². The standard InChI is InChI=1S/C22H18ClNO2/c1-14-20(22(25)21(23)15(2)24-14)18-10-6-16(7-11-18)4-5-17-8-12-19(26-3)13-9-17/h6-13H,1-3H3,(H,24,25). The zero-order valence-corrected chi connectivity index (χ0v) is 15.6. The van der Waals surface area contributed by atoms with E-state index < -0.39 is 0 Å². The van der Waals surface area contributed by atoms with Crippen molar-refractivity contribution < 1.29 is 4.74 Å². The van der Waals surface area contributed by atoms with Crippen LogP contribution in [0.2, 0.25) is 5.02 Å². The summed E-state index contributed by atoms with van der Waals surface area (Å²) in [5, 5.41) is 0.231. The van der Waals surface area contributed by atoms with Gasteiger partial charge in [-0.2, -0.15) is 0 Å². The van der Waals surface area contributed by atoms with Crippen LogP contribution in [0.5, 0.6) is 5.75 Å². The highest BCUT2D eigenvalue weighted by Gasteiger charge is 2.12. The molecular weight excluding hydrogens is 346 g/mol. The first-order valence-electron chi connectivity index (χ1n) is 8.15. The smallest absolute Gasteiger partial charge is 0.208 e. The van der Waals surface area contributed by atoms with E-state index in [1.807, 2.05) is 55.5 Å². The molecule has 0 aliphatic heterocycles. The molecule has 0 fully saturated rings. The van der Waals surface area contributed by atoms with E-state index in [1.165, 1.54) is 0 Å². The summed E-state index contributed by atoms with van der Waals surface area (Å²) in [5.74, 6) is 7.04. The summed E-state index contributed by atoms with van der Waals surface area (Å²) >= 11 is 6.10. The molecule has 1 N–H and O–H groups in total. The summed E-state index contributed by atoms with van der Waals surface area (Å²) < 4.78 is 5.14. The Bertz CT molecular complexity index is 1050. The average Bonchev–Trinajstić information content (AvgIpc) is 2.66. The van der Waals surface area contributed by atoms with E-state index in [-0.39, 0.29) is 10.5 Å². The maximum atomic E-state index is 12.5. The number of halogens is 1. The Hall–Kier alpha value is -2.96. The second-order valence-corrected chi connectivity index (χ2v) is 6.33. The lowest BCUT2D eigenvalue weighted by Gasteiger charge is -2.08. The van der Waals surface area contributed by atoms with Gasteiger partial charge in [0.25, 0.3) is 0 Å². The van der Waals surface area contributed by atoms with Crippen molar-refractivity contribution in [3.05, 3.63) is 86.3 Å². The van der Waals surface area contributed by atoms with Gasteiger partial charge in [0, 0.05) is 28.1 Å². The third kappa shape index (κ3) is 3.66. The third-order valence-corrected chi connectivity index (χ3v) is 4.58. The molecule has 1 heterocycles. The highest BCUT2D eigenvalue weighted by molar-refractivity contribution is 6.31. The van der Waals surface area contributed by atoms with Crippen LogP contribution in [0.15, 0.2) is 53.3 Å². The Balaban J connectivity index is 1.89. The number of ether oxygens (including phenoxy) is 1. The van der Waals surface area contributed by atoms with Gasteiger partial charge in [-0.1, -0.05) is 35.6 Å². The van der Waals surface area contributed by atoms with E-state index in [0.717, 1.165) is 28.1 Å². The van der Waals surface area contributed by atoms with Gasteiger partial charge in [-0.05, 0) is 55.8 Å². The number of methoxy groups -OCH3 is 1. The van der Waals surface area contributed by atoms with Crippen molar-refractivity contribution in [2.75, 3.05) is 7.11 Å². The highest BCUT2D eigenvalue weighted by atomic mass is 35.5. The van der Waals surface area contributed by atoms with Crippen LogP contribution in [0.25, 0.3) is 11.1 Å². The molecule has 4 heteroatoms. The lowest BCUT2D eigenvalue weighted by Crippen LogP contribution is -2.11. The van der Waals surface area contributed by atoms with E-state index in [4.69, 9.17) is 16.3 Å². The Morgan fingerprint density at radius 3 is 1.96 bits per heavy atom. The number of aromatic amines is 1. The van der Waals surface area contributed by atoms with Crippen LogP contribution in [0.4, 0.5) is 0 Å². The number of benzene rings is 2. The van der Waals surface area contributed by atoms with Crippen LogP contribution < -0.4 is 10.2 Å². The van der Waals surface area contributed by atoms with Crippen LogP contribution in [0.3, 0.4) is 0 Å². The van der Waals surface area contributed by atoms with Crippen LogP contribution in [-0.4, -0.2) is 12.1 Å². The van der Waals surface area contributed by atoms with E-state index >= 15 is 0 Å². The Kier molecular flexibility index (Phi) is 5.16. The molecule has 26 heavy (non-hydrogen) atoms. The predicted octanol–water partition coefficient (Wildman–Crippen LogP) is 4.72. The number of hydrogen-bond donors (Lipinski definition) is 1. The van der Waals surface area contributed by atoms with Crippen LogP contribution in [0.1, 0.15) is 22.5 Å². The molecular formula is C22H18ClNO2. The first-order chi connectivity index (χ1) is 12.5. The van der Waals surface area contributed by atoms with Gasteiger partial charge in [-0.15, -0.1) is 0 Å². The molecule has 0 bridgehead atoms. The zero-order chi connectivity index (χ0) is 18.7. The van der Waals surface area contributed by atoms with Gasteiger partial charge in [0.2, 0.25) is 5.43 Å². The zero-order valence-electron chi connectivity index (χ0n) is 14.8. The predicted molar refractivity (Wildman–Crippen MR) is 106 cm³/mol. The molecule has 0 saturated heterocycles. The molecule has 1 aromatic heterocycles. The highest BCUT2D eigenvalue weighted by Crippen LogP contribution is 2.22. The van der Waals surface area contributed by atoms with Gasteiger partial charge >= 0.3 is 0 Å². The van der Waals surface area contributed by atoms with Gasteiger partial charge in [-0.3, -0.25) is 4.79 Å². The largest absolute Gasteiger partial charge is 0.497 e. The van der Waals surface area contributed by atoms with E-state index in [2.05, 4.69) is 16.8 Å². The molecule has 0 saturated carbocycles. The molecule has 130 valence electrons. The SMILES string of the molecule is COc1ccc(C#Cc2ccc(-c3c(C)[nH]c(C)c(Cl)c3=O)cc2)cc1. The molecule has 0 aliphatic carbocycles. The van der Waals surface area contributed by atoms with Gasteiger partial charge in [-0.25, -0.2) is 0 Å². The minimum Gasteiger partial charge on any atom is -0.497 e. The van der Waals surface area contributed by atoms with Crippen molar-refractivity contribution in [3.63, 3.8) is 0 Å². The Morgan fingerprint density at radius 2 is 1.42 bits per heavy atom. The molecule has 0 amide bonds. The van der Waals surface area contributed by atoms with Crippen molar-refractivity contribution in [3.8, 4) is 28.7 Å². The van der Waals surface area contributed by atoms with E-state index in [0.29, 0.717) is 11.3 Å². The lowest BCUT2D eigenvalue weighted by atomic mass is 10.0. The molecule has 0 radical (unpaired) electrons. The fourth-order valence-electron chi connectivity index (χ4n) is 2.74. The molecule has 0 aliphatic rings. The molecule has 0 atom stereocenters. The first kappa shape index (κ1) is 17.8. The summed E-state index contributed by atoms with van der Waals surface area (Å²) in [7, 11) is 1.64. The Labute approximate surface area is 157 Å². The van der Waals surface area contributed by atoms with Crippen LogP contribution in [-0.2, 0) is 0 Å². The van der Waals surface area contributed by atoms with Gasteiger partial charge in [0.1, 0.15) is 10.8 Å². The number of pyridine rings is 1. The number of H-pyrrole nitrogens is 1. The summed E-state index contributed by atoms with van der Waals surface area (Å²) in [6.45, 7) is 3.66. The number of aromatic nitrogens is 1. The van der Waals surface area contributed by atoms with Gasteiger partial charge in [0.05, 0.1) is 7.11 Å². The third-order valence-electron chi connectivity index (χ3n) is 4.12. The van der Waals surface area contributed by atoms with Crippen molar-refractivity contribution >= 4 is 11.6 Å². The summed E-state index contributed by atoms with van der Waals surface area (Å²) in [6.07, 6.45) is 0. The van der Waals surface area contributed by atoms with E-state index in [9.17, 15) is 4.79 Å². The number of rotatable bonds is 2. The maximum absolute atomic E-state index is 12.5. The maximum Gasteiger partial charge on any atom is 0.208 e. The summed E-state index contributed by atoms with van der Waals surface area (Å²) in [6, 6.07) is 15.2. The Morgan fingerprint density at radius 1 is 0.885 bits per heavy atom. The van der Waals surface area contributed by atoms with Crippen molar-refractivity contribution in [1.29, 1.82) is 0 Å². The van der Waals surface area contributed by atoms with Gasteiger partial charge in [0.15, 0.2) is 0 Å². The number of aryl methyl sites for hydroxylation is 2. The molecule has 3 rings (SSSR count). The number of nitrogens with one attached hydrogen (secondary N) is 1. The van der Waals surface area contributed by atoms with Gasteiger partial charge < -0.3 is 9.72 Å². The molecule has 2 aromatic carbocycles. The second-order valence-electron chi connectivity index (χ2n) is 5.95. The number of hydrogen-bond acceptors (Lipinski definition) is 2. The topological polar surface area (TPSA) is 42.1 Å². The molecule has 3 nitrogen and oxygen atoms in total. The first-order valence-corrected chi connectivity index (χ1v) is 8.53. The van der Waals surface area contributed by atoms with Crippen molar-refractivity contribution in [2.45, 2.75) is 13.8 Å². The minimum absolute atomic E-state index is 0.155. The molecule has 0 unspecified atom stereocenters. The van der Waals surface area contributed by atoms with Crippen molar-refractivity contribution in [2.24, 2.45) is 0 Å². The quantitative estimate of drug-likeness (QED) is 0.669. The monoisotopic (exact) mass is 363 g/mol. The normalized spacial score (nSPS) is 10.2. The minimum atomic E-state index is -0.155. The molecule has 3 aromatic rings. The lowest BCUT2D eigenvalue weighted by molar-refractivity contribution is 0.415.